The summed E-state index contributed by atoms with van der Waals surface area (Å²) in [5, 5.41) is 9.38. The summed E-state index contributed by atoms with van der Waals surface area (Å²) in [4.78, 5) is 18.7. The third-order valence-corrected chi connectivity index (χ3v) is 5.56. The molecule has 0 saturated carbocycles. The van der Waals surface area contributed by atoms with Crippen molar-refractivity contribution >= 4 is 53.4 Å². The summed E-state index contributed by atoms with van der Waals surface area (Å²) < 4.78 is 0. The molecule has 0 spiro atoms. The van der Waals surface area contributed by atoms with E-state index in [9.17, 15) is 4.79 Å². The number of nitrogens with one attached hydrogen (secondary N) is 2. The zero-order valence-corrected chi connectivity index (χ0v) is 15.4. The van der Waals surface area contributed by atoms with E-state index in [2.05, 4.69) is 15.6 Å². The SMILES string of the molecule is Cc1nc(-c2cccs2)sc1C(=O)N[C@H]1CCCNC1.Cl.Cl. The smallest absolute Gasteiger partial charge is 0.263 e. The quantitative estimate of drug-likeness (QED) is 0.857. The Hall–Kier alpha value is -0.660. The van der Waals surface area contributed by atoms with Crippen LogP contribution in [0.25, 0.3) is 9.88 Å². The monoisotopic (exact) mass is 379 g/mol. The van der Waals surface area contributed by atoms with E-state index in [4.69, 9.17) is 0 Å². The first-order valence-corrected chi connectivity index (χ1v) is 8.46. The van der Waals surface area contributed by atoms with Gasteiger partial charge in [0.15, 0.2) is 0 Å². The molecule has 1 aliphatic heterocycles. The van der Waals surface area contributed by atoms with Crippen molar-refractivity contribution in [3.8, 4) is 9.88 Å². The maximum atomic E-state index is 12.4. The zero-order valence-electron chi connectivity index (χ0n) is 12.1. The lowest BCUT2D eigenvalue weighted by molar-refractivity contribution is 0.0934. The molecule has 122 valence electrons. The minimum Gasteiger partial charge on any atom is -0.347 e. The van der Waals surface area contributed by atoms with Crippen LogP contribution in [-0.4, -0.2) is 30.0 Å². The second-order valence-electron chi connectivity index (χ2n) is 4.93. The average molecular weight is 380 g/mol. The van der Waals surface area contributed by atoms with Crippen LogP contribution >= 0.6 is 47.5 Å². The number of thiazole rings is 1. The lowest BCUT2D eigenvalue weighted by Gasteiger charge is -2.23. The molecular weight excluding hydrogens is 361 g/mol. The van der Waals surface area contributed by atoms with Gasteiger partial charge in [0, 0.05) is 12.6 Å². The van der Waals surface area contributed by atoms with Gasteiger partial charge in [-0.2, -0.15) is 0 Å². The van der Waals surface area contributed by atoms with Crippen molar-refractivity contribution in [3.63, 3.8) is 0 Å². The van der Waals surface area contributed by atoms with Gasteiger partial charge in [-0.1, -0.05) is 6.07 Å². The maximum absolute atomic E-state index is 12.4. The van der Waals surface area contributed by atoms with Crippen LogP contribution in [0.4, 0.5) is 0 Å². The fraction of sp³-hybridized carbons (Fsp3) is 0.429. The van der Waals surface area contributed by atoms with Gasteiger partial charge in [-0.25, -0.2) is 4.98 Å². The molecular formula is C14H19Cl2N3OS2. The Morgan fingerprint density at radius 2 is 2.27 bits per heavy atom. The van der Waals surface area contributed by atoms with Crippen molar-refractivity contribution in [1.82, 2.24) is 15.6 Å². The molecule has 0 bridgehead atoms. The lowest BCUT2D eigenvalue weighted by Crippen LogP contribution is -2.45. The molecule has 2 N–H and O–H groups in total. The van der Waals surface area contributed by atoms with Crippen molar-refractivity contribution in [2.24, 2.45) is 0 Å². The molecule has 2 aromatic heterocycles. The first-order valence-electron chi connectivity index (χ1n) is 6.77. The van der Waals surface area contributed by atoms with Crippen LogP contribution in [0.5, 0.6) is 0 Å². The molecule has 1 fully saturated rings. The Morgan fingerprint density at radius 3 is 2.91 bits per heavy atom. The van der Waals surface area contributed by atoms with Gasteiger partial charge >= 0.3 is 0 Å². The Balaban J connectivity index is 0.00000121. The number of hydrogen-bond acceptors (Lipinski definition) is 5. The van der Waals surface area contributed by atoms with Crippen LogP contribution in [0.3, 0.4) is 0 Å². The Bertz CT molecular complexity index is 595. The van der Waals surface area contributed by atoms with Gasteiger partial charge in [0.2, 0.25) is 0 Å². The highest BCUT2D eigenvalue weighted by Gasteiger charge is 2.20. The minimum absolute atomic E-state index is 0. The number of piperidine rings is 1. The molecule has 2 aromatic rings. The molecule has 1 saturated heterocycles. The molecule has 22 heavy (non-hydrogen) atoms. The van der Waals surface area contributed by atoms with Crippen LogP contribution in [0.2, 0.25) is 0 Å². The van der Waals surface area contributed by atoms with Crippen molar-refractivity contribution in [2.75, 3.05) is 13.1 Å². The van der Waals surface area contributed by atoms with Crippen molar-refractivity contribution in [1.29, 1.82) is 0 Å². The van der Waals surface area contributed by atoms with Crippen LogP contribution < -0.4 is 10.6 Å². The third kappa shape index (κ3) is 4.43. The predicted molar refractivity (Wildman–Crippen MR) is 98.0 cm³/mol. The normalized spacial score (nSPS) is 17.2. The van der Waals surface area contributed by atoms with Crippen molar-refractivity contribution < 1.29 is 4.79 Å². The van der Waals surface area contributed by atoms with Crippen LogP contribution in [0, 0.1) is 6.92 Å². The van der Waals surface area contributed by atoms with Gasteiger partial charge in [-0.3, -0.25) is 4.79 Å². The first kappa shape index (κ1) is 19.4. The Morgan fingerprint density at radius 1 is 1.45 bits per heavy atom. The van der Waals surface area contributed by atoms with E-state index in [1.807, 2.05) is 24.4 Å². The van der Waals surface area contributed by atoms with Crippen molar-refractivity contribution in [3.05, 3.63) is 28.1 Å². The number of rotatable bonds is 3. The summed E-state index contributed by atoms with van der Waals surface area (Å²) in [7, 11) is 0. The standard InChI is InChI=1S/C14H17N3OS2.2ClH/c1-9-12(13(18)17-10-4-2-6-15-8-10)20-14(16-9)11-5-3-7-19-11;;/h3,5,7,10,15H,2,4,6,8H2,1H3,(H,17,18);2*1H/t10-;;/m0../s1. The number of halogens is 2. The van der Waals surface area contributed by atoms with E-state index >= 15 is 0 Å². The van der Waals surface area contributed by atoms with Gasteiger partial charge < -0.3 is 10.6 Å². The summed E-state index contributed by atoms with van der Waals surface area (Å²) in [6.45, 7) is 3.82. The second kappa shape index (κ2) is 8.84. The molecule has 1 amide bonds. The maximum Gasteiger partial charge on any atom is 0.263 e. The van der Waals surface area contributed by atoms with Gasteiger partial charge in [-0.05, 0) is 37.8 Å². The third-order valence-electron chi connectivity index (χ3n) is 3.37. The fourth-order valence-electron chi connectivity index (χ4n) is 2.34. The number of carbonyl (C=O) groups excluding carboxylic acids is 1. The summed E-state index contributed by atoms with van der Waals surface area (Å²) in [6, 6.07) is 4.28. The molecule has 3 rings (SSSR count). The first-order chi connectivity index (χ1) is 9.74. The van der Waals surface area contributed by atoms with E-state index in [-0.39, 0.29) is 36.8 Å². The van der Waals surface area contributed by atoms with Crippen LogP contribution in [0.15, 0.2) is 17.5 Å². The van der Waals surface area contributed by atoms with E-state index < -0.39 is 0 Å². The zero-order chi connectivity index (χ0) is 13.9. The number of nitrogens with zero attached hydrogens (tertiary/aromatic N) is 1. The average Bonchev–Trinajstić information content (AvgIpc) is 3.08. The van der Waals surface area contributed by atoms with Gasteiger partial charge in [0.1, 0.15) is 9.88 Å². The predicted octanol–water partition coefficient (Wildman–Crippen LogP) is 3.51. The fourth-order valence-corrected chi connectivity index (χ4v) is 4.10. The lowest BCUT2D eigenvalue weighted by atomic mass is 10.1. The topological polar surface area (TPSA) is 54.0 Å². The van der Waals surface area contributed by atoms with E-state index in [1.165, 1.54) is 11.3 Å². The molecule has 0 aromatic carbocycles. The second-order valence-corrected chi connectivity index (χ2v) is 6.87. The molecule has 0 unspecified atom stereocenters. The van der Waals surface area contributed by atoms with E-state index in [1.54, 1.807) is 11.3 Å². The molecule has 1 atom stereocenters. The number of carbonyl (C=O) groups is 1. The highest BCUT2D eigenvalue weighted by atomic mass is 35.5. The molecule has 0 radical (unpaired) electrons. The summed E-state index contributed by atoms with van der Waals surface area (Å²) >= 11 is 3.13. The molecule has 0 aliphatic carbocycles. The Kier molecular flexibility index (Phi) is 7.79. The Labute approximate surface area is 150 Å². The summed E-state index contributed by atoms with van der Waals surface area (Å²) in [5.74, 6) is 0.0107. The van der Waals surface area contributed by atoms with Crippen molar-refractivity contribution in [2.45, 2.75) is 25.8 Å². The number of aryl methyl sites for hydroxylation is 1. The van der Waals surface area contributed by atoms with E-state index in [0.29, 0.717) is 0 Å². The molecule has 8 heteroatoms. The van der Waals surface area contributed by atoms with E-state index in [0.717, 1.165) is 46.4 Å². The number of amides is 1. The molecule has 4 nitrogen and oxygen atoms in total. The largest absolute Gasteiger partial charge is 0.347 e. The summed E-state index contributed by atoms with van der Waals surface area (Å²) in [6.07, 6.45) is 2.17. The van der Waals surface area contributed by atoms with Crippen LogP contribution in [0.1, 0.15) is 28.2 Å². The molecule has 1 aliphatic rings. The molecule has 3 heterocycles. The minimum atomic E-state index is 0. The van der Waals surface area contributed by atoms with Gasteiger partial charge in [0.25, 0.3) is 5.91 Å². The number of hydrogen-bond donors (Lipinski definition) is 2. The highest BCUT2D eigenvalue weighted by Crippen LogP contribution is 2.31. The highest BCUT2D eigenvalue weighted by molar-refractivity contribution is 7.22. The van der Waals surface area contributed by atoms with Gasteiger partial charge in [-0.15, -0.1) is 47.5 Å². The summed E-state index contributed by atoms with van der Waals surface area (Å²) in [5.41, 5.74) is 0.819. The number of thiophene rings is 1. The van der Waals surface area contributed by atoms with Crippen LogP contribution in [-0.2, 0) is 0 Å². The number of aromatic nitrogens is 1. The van der Waals surface area contributed by atoms with Gasteiger partial charge in [0.05, 0.1) is 10.6 Å².